The molecule has 35 heavy (non-hydrogen) atoms. The topological polar surface area (TPSA) is 63.0 Å². The smallest absolute Gasteiger partial charge is 0.126 e. The van der Waals surface area contributed by atoms with Crippen molar-refractivity contribution < 1.29 is 13.9 Å². The van der Waals surface area contributed by atoms with E-state index in [-0.39, 0.29) is 17.4 Å². The second-order valence-corrected chi connectivity index (χ2v) is 10.9. The van der Waals surface area contributed by atoms with E-state index in [4.69, 9.17) is 0 Å². The first-order valence-electron chi connectivity index (χ1n) is 12.5. The standard InChI is InChI=1S/C28H36F2N4O/c1-27(2,3)21-8-7-9-22(17-21)28(10-5-4-6-11-28)31-19-26(35)25(34-13-12-32-33-34)16-20-14-23(29)18-24(30)15-20/h7-9,12-15,17-18,25-26,31,35H,4-6,10-11,16,19H2,1-3H3/t25-,26+/m0/s1. The lowest BCUT2D eigenvalue weighted by Gasteiger charge is -2.41. The largest absolute Gasteiger partial charge is 0.390 e. The number of aliphatic hydroxyl groups excluding tert-OH is 1. The molecule has 5 nitrogen and oxygen atoms in total. The Kier molecular flexibility index (Phi) is 7.67. The predicted molar refractivity (Wildman–Crippen MR) is 133 cm³/mol. The molecule has 1 aliphatic carbocycles. The molecule has 1 aromatic heterocycles. The van der Waals surface area contributed by atoms with Gasteiger partial charge in [0.15, 0.2) is 0 Å². The van der Waals surface area contributed by atoms with Crippen LogP contribution in [-0.2, 0) is 17.4 Å². The normalized spacial score (nSPS) is 17.8. The fraction of sp³-hybridized carbons (Fsp3) is 0.500. The summed E-state index contributed by atoms with van der Waals surface area (Å²) < 4.78 is 29.2. The molecule has 1 aliphatic rings. The van der Waals surface area contributed by atoms with Gasteiger partial charge in [0.05, 0.1) is 18.3 Å². The van der Waals surface area contributed by atoms with Crippen LogP contribution in [-0.4, -0.2) is 32.7 Å². The van der Waals surface area contributed by atoms with E-state index >= 15 is 0 Å². The second-order valence-electron chi connectivity index (χ2n) is 10.9. The van der Waals surface area contributed by atoms with Gasteiger partial charge in [0, 0.05) is 24.3 Å². The summed E-state index contributed by atoms with van der Waals surface area (Å²) in [6, 6.07) is 11.7. The molecule has 1 heterocycles. The van der Waals surface area contributed by atoms with Crippen LogP contribution in [0.2, 0.25) is 0 Å². The van der Waals surface area contributed by atoms with Crippen molar-refractivity contribution in [2.24, 2.45) is 0 Å². The molecule has 2 atom stereocenters. The van der Waals surface area contributed by atoms with Gasteiger partial charge in [0.25, 0.3) is 0 Å². The lowest BCUT2D eigenvalue weighted by molar-refractivity contribution is 0.0853. The second kappa shape index (κ2) is 10.5. The third-order valence-corrected chi connectivity index (χ3v) is 7.23. The van der Waals surface area contributed by atoms with E-state index in [0.717, 1.165) is 31.7 Å². The van der Waals surface area contributed by atoms with Crippen LogP contribution in [0.5, 0.6) is 0 Å². The van der Waals surface area contributed by atoms with Gasteiger partial charge < -0.3 is 10.4 Å². The summed E-state index contributed by atoms with van der Waals surface area (Å²) in [5, 5.41) is 23.0. The van der Waals surface area contributed by atoms with E-state index in [0.29, 0.717) is 12.1 Å². The summed E-state index contributed by atoms with van der Waals surface area (Å²) >= 11 is 0. The van der Waals surface area contributed by atoms with Crippen molar-refractivity contribution in [1.82, 2.24) is 20.3 Å². The quantitative estimate of drug-likeness (QED) is 0.448. The van der Waals surface area contributed by atoms with Gasteiger partial charge in [0.1, 0.15) is 11.6 Å². The Balaban J connectivity index is 1.57. The van der Waals surface area contributed by atoms with Crippen molar-refractivity contribution in [3.8, 4) is 0 Å². The molecule has 3 aromatic rings. The van der Waals surface area contributed by atoms with Gasteiger partial charge >= 0.3 is 0 Å². The molecule has 2 N–H and O–H groups in total. The number of aromatic nitrogens is 3. The third-order valence-electron chi connectivity index (χ3n) is 7.23. The number of halogens is 2. The van der Waals surface area contributed by atoms with Crippen molar-refractivity contribution in [1.29, 1.82) is 0 Å². The lowest BCUT2D eigenvalue weighted by atomic mass is 9.74. The van der Waals surface area contributed by atoms with Crippen LogP contribution in [0, 0.1) is 11.6 Å². The molecule has 0 amide bonds. The predicted octanol–water partition coefficient (Wildman–Crippen LogP) is 5.45. The van der Waals surface area contributed by atoms with Crippen LogP contribution in [0.25, 0.3) is 0 Å². The number of aliphatic hydroxyl groups is 1. The highest BCUT2D eigenvalue weighted by Crippen LogP contribution is 2.39. The number of nitrogens with one attached hydrogen (secondary N) is 1. The SMILES string of the molecule is CC(C)(C)c1cccc(C2(NC[C@@H](O)[C@H](Cc3cc(F)cc(F)c3)n3ccnn3)CCCCC2)c1. The van der Waals surface area contributed by atoms with Gasteiger partial charge in [-0.2, -0.15) is 0 Å². The number of rotatable bonds is 8. The first-order chi connectivity index (χ1) is 16.7. The zero-order chi connectivity index (χ0) is 25.1. The van der Waals surface area contributed by atoms with Gasteiger partial charge in [-0.1, -0.05) is 69.5 Å². The van der Waals surface area contributed by atoms with E-state index in [1.165, 1.54) is 29.7 Å². The minimum absolute atomic E-state index is 0.0454. The van der Waals surface area contributed by atoms with Gasteiger partial charge in [0.2, 0.25) is 0 Å². The van der Waals surface area contributed by atoms with E-state index < -0.39 is 23.8 Å². The van der Waals surface area contributed by atoms with Gasteiger partial charge in [-0.25, -0.2) is 13.5 Å². The maximum atomic E-state index is 13.8. The van der Waals surface area contributed by atoms with Crippen LogP contribution in [0.3, 0.4) is 0 Å². The molecule has 1 saturated carbocycles. The molecule has 188 valence electrons. The molecule has 2 aromatic carbocycles. The Morgan fingerprint density at radius 1 is 1.06 bits per heavy atom. The zero-order valence-corrected chi connectivity index (χ0v) is 20.8. The number of hydrogen-bond donors (Lipinski definition) is 2. The fourth-order valence-electron chi connectivity index (χ4n) is 5.21. The number of hydrogen-bond acceptors (Lipinski definition) is 4. The molecule has 4 rings (SSSR count). The fourth-order valence-corrected chi connectivity index (χ4v) is 5.21. The Hall–Kier alpha value is -2.64. The zero-order valence-electron chi connectivity index (χ0n) is 20.8. The van der Waals surface area contributed by atoms with E-state index in [1.54, 1.807) is 17.1 Å². The van der Waals surface area contributed by atoms with Crippen molar-refractivity contribution in [3.05, 3.63) is 83.2 Å². The van der Waals surface area contributed by atoms with Crippen molar-refractivity contribution in [2.45, 2.75) is 82.4 Å². The van der Waals surface area contributed by atoms with Gasteiger partial charge in [-0.15, -0.1) is 5.10 Å². The summed E-state index contributed by atoms with van der Waals surface area (Å²) in [5.41, 5.74) is 2.83. The molecule has 0 aliphatic heterocycles. The molecular weight excluding hydrogens is 446 g/mol. The molecule has 7 heteroatoms. The van der Waals surface area contributed by atoms with Gasteiger partial charge in [-0.05, 0) is 53.5 Å². The maximum absolute atomic E-state index is 13.8. The molecule has 1 fully saturated rings. The van der Waals surface area contributed by atoms with E-state index in [9.17, 15) is 13.9 Å². The Morgan fingerprint density at radius 2 is 1.77 bits per heavy atom. The molecule has 0 bridgehead atoms. The molecular formula is C28H36F2N4O. The summed E-state index contributed by atoms with van der Waals surface area (Å²) in [6.07, 6.45) is 8.05. The number of nitrogens with zero attached hydrogens (tertiary/aromatic N) is 3. The van der Waals surface area contributed by atoms with Crippen molar-refractivity contribution >= 4 is 0 Å². The third kappa shape index (κ3) is 6.14. The molecule has 0 unspecified atom stereocenters. The van der Waals surface area contributed by atoms with Crippen LogP contribution in [0.4, 0.5) is 8.78 Å². The average molecular weight is 483 g/mol. The Morgan fingerprint density at radius 3 is 2.40 bits per heavy atom. The van der Waals surface area contributed by atoms with Crippen LogP contribution >= 0.6 is 0 Å². The maximum Gasteiger partial charge on any atom is 0.126 e. The summed E-state index contributed by atoms with van der Waals surface area (Å²) in [6.45, 7) is 6.97. The molecule has 0 radical (unpaired) electrons. The number of benzene rings is 2. The van der Waals surface area contributed by atoms with E-state index in [2.05, 4.69) is 60.7 Å². The Labute approximate surface area is 206 Å². The van der Waals surface area contributed by atoms with Crippen molar-refractivity contribution in [3.63, 3.8) is 0 Å². The highest BCUT2D eigenvalue weighted by molar-refractivity contribution is 5.34. The van der Waals surface area contributed by atoms with Crippen LogP contribution < -0.4 is 5.32 Å². The molecule has 0 saturated heterocycles. The summed E-state index contributed by atoms with van der Waals surface area (Å²) in [7, 11) is 0. The monoisotopic (exact) mass is 482 g/mol. The minimum Gasteiger partial charge on any atom is -0.390 e. The highest BCUT2D eigenvalue weighted by atomic mass is 19.1. The lowest BCUT2D eigenvalue weighted by Crippen LogP contribution is -2.48. The van der Waals surface area contributed by atoms with Crippen LogP contribution in [0.1, 0.15) is 75.6 Å². The Bertz CT molecular complexity index is 1080. The van der Waals surface area contributed by atoms with Gasteiger partial charge in [-0.3, -0.25) is 0 Å². The molecule has 0 spiro atoms. The van der Waals surface area contributed by atoms with Crippen molar-refractivity contribution in [2.75, 3.05) is 6.54 Å². The van der Waals surface area contributed by atoms with Crippen LogP contribution in [0.15, 0.2) is 54.9 Å². The summed E-state index contributed by atoms with van der Waals surface area (Å²) in [4.78, 5) is 0. The first kappa shape index (κ1) is 25.5. The average Bonchev–Trinajstić information content (AvgIpc) is 3.35. The summed E-state index contributed by atoms with van der Waals surface area (Å²) in [5.74, 6) is -1.27. The van der Waals surface area contributed by atoms with E-state index in [1.807, 2.05) is 0 Å². The minimum atomic E-state index is -0.840. The first-order valence-corrected chi connectivity index (χ1v) is 12.5. The highest BCUT2D eigenvalue weighted by Gasteiger charge is 2.35.